The van der Waals surface area contributed by atoms with Gasteiger partial charge in [0.15, 0.2) is 0 Å². The lowest BCUT2D eigenvalue weighted by atomic mass is 9.85. The molecule has 0 saturated carbocycles. The van der Waals surface area contributed by atoms with E-state index in [1.54, 1.807) is 14.2 Å². The lowest BCUT2D eigenvalue weighted by molar-refractivity contribution is -0.0294. The Morgan fingerprint density at radius 2 is 2.06 bits per heavy atom. The summed E-state index contributed by atoms with van der Waals surface area (Å²) in [5.41, 5.74) is -0.0386. The fourth-order valence-corrected chi connectivity index (χ4v) is 2.64. The highest BCUT2D eigenvalue weighted by atomic mass is 16.5. The van der Waals surface area contributed by atoms with Crippen LogP contribution in [0.2, 0.25) is 0 Å². The minimum absolute atomic E-state index is 0.622. The van der Waals surface area contributed by atoms with E-state index in [0.29, 0.717) is 12.3 Å². The predicted molar refractivity (Wildman–Crippen MR) is 70.2 cm³/mol. The summed E-state index contributed by atoms with van der Waals surface area (Å²) in [6, 6.07) is 5.57. The molecule has 0 amide bonds. The number of methoxy groups -OCH3 is 2. The summed E-state index contributed by atoms with van der Waals surface area (Å²) in [6.45, 7) is 1.64. The third kappa shape index (κ3) is 2.44. The monoisotopic (exact) mass is 251 g/mol. The first-order chi connectivity index (χ1) is 8.59. The number of hydrogen-bond acceptors (Lipinski definition) is 4. The van der Waals surface area contributed by atoms with Gasteiger partial charge in [0, 0.05) is 12.1 Å². The quantitative estimate of drug-likeness (QED) is 0.886. The van der Waals surface area contributed by atoms with Gasteiger partial charge in [-0.05, 0) is 44.6 Å². The topological polar surface area (TPSA) is 41.9 Å². The zero-order chi connectivity index (χ0) is 13.2. The summed E-state index contributed by atoms with van der Waals surface area (Å²) in [6.07, 6.45) is 1.73. The first-order valence-electron chi connectivity index (χ1n) is 6.22. The first kappa shape index (κ1) is 13.2. The third-order valence-corrected chi connectivity index (χ3v) is 3.57. The molecule has 2 rings (SSSR count). The molecule has 1 unspecified atom stereocenters. The lowest BCUT2D eigenvalue weighted by Crippen LogP contribution is -2.44. The normalized spacial score (nSPS) is 24.9. The predicted octanol–water partition coefficient (Wildman–Crippen LogP) is 1.62. The second-order valence-corrected chi connectivity index (χ2v) is 4.94. The average molecular weight is 251 g/mol. The molecule has 1 N–H and O–H groups in total. The number of piperidine rings is 1. The maximum Gasteiger partial charge on any atom is 0.125 e. The summed E-state index contributed by atoms with van der Waals surface area (Å²) in [5.74, 6) is 1.46. The number of β-amino-alcohol motifs (C(OH)–C–C–N with tert-alkyl or cyclic N) is 1. The van der Waals surface area contributed by atoms with Gasteiger partial charge in [0.1, 0.15) is 17.1 Å². The van der Waals surface area contributed by atoms with Gasteiger partial charge < -0.3 is 19.5 Å². The molecule has 18 heavy (non-hydrogen) atoms. The van der Waals surface area contributed by atoms with E-state index in [1.165, 1.54) is 0 Å². The van der Waals surface area contributed by atoms with Crippen molar-refractivity contribution in [2.75, 3.05) is 34.4 Å². The largest absolute Gasteiger partial charge is 0.497 e. The number of likely N-dealkylation sites (N-methyl/N-ethyl adjacent to an activating group) is 1. The van der Waals surface area contributed by atoms with Crippen LogP contribution in [0.1, 0.15) is 18.4 Å². The highest BCUT2D eigenvalue weighted by molar-refractivity contribution is 5.44. The van der Waals surface area contributed by atoms with Gasteiger partial charge in [-0.15, -0.1) is 0 Å². The molecule has 0 bridgehead atoms. The van der Waals surface area contributed by atoms with Crippen LogP contribution < -0.4 is 9.47 Å². The Bertz CT molecular complexity index is 422. The molecule has 1 atom stereocenters. The Hall–Kier alpha value is -1.26. The van der Waals surface area contributed by atoms with E-state index in [0.717, 1.165) is 30.7 Å². The minimum Gasteiger partial charge on any atom is -0.497 e. The molecule has 1 saturated heterocycles. The summed E-state index contributed by atoms with van der Waals surface area (Å²) < 4.78 is 10.6. The number of nitrogens with zero attached hydrogens (tertiary/aromatic N) is 1. The van der Waals surface area contributed by atoms with Crippen molar-refractivity contribution in [2.45, 2.75) is 18.4 Å². The van der Waals surface area contributed by atoms with Gasteiger partial charge in [0.05, 0.1) is 14.2 Å². The van der Waals surface area contributed by atoms with Crippen LogP contribution in [-0.2, 0) is 5.60 Å². The minimum atomic E-state index is -0.854. The van der Waals surface area contributed by atoms with Crippen LogP contribution in [0, 0.1) is 0 Å². The molecule has 0 spiro atoms. The van der Waals surface area contributed by atoms with Crippen molar-refractivity contribution in [3.05, 3.63) is 23.8 Å². The van der Waals surface area contributed by atoms with Crippen LogP contribution >= 0.6 is 0 Å². The fourth-order valence-electron chi connectivity index (χ4n) is 2.64. The van der Waals surface area contributed by atoms with Crippen LogP contribution in [0.15, 0.2) is 18.2 Å². The van der Waals surface area contributed by atoms with Gasteiger partial charge in [-0.2, -0.15) is 0 Å². The third-order valence-electron chi connectivity index (χ3n) is 3.57. The number of aliphatic hydroxyl groups is 1. The van der Waals surface area contributed by atoms with E-state index in [2.05, 4.69) is 4.90 Å². The second-order valence-electron chi connectivity index (χ2n) is 4.94. The van der Waals surface area contributed by atoms with Crippen molar-refractivity contribution in [1.29, 1.82) is 0 Å². The van der Waals surface area contributed by atoms with E-state index in [-0.39, 0.29) is 0 Å². The Morgan fingerprint density at radius 3 is 2.67 bits per heavy atom. The van der Waals surface area contributed by atoms with E-state index in [9.17, 15) is 5.11 Å². The van der Waals surface area contributed by atoms with E-state index in [4.69, 9.17) is 9.47 Å². The van der Waals surface area contributed by atoms with Crippen molar-refractivity contribution >= 4 is 0 Å². The highest BCUT2D eigenvalue weighted by Crippen LogP contribution is 2.38. The van der Waals surface area contributed by atoms with E-state index in [1.807, 2.05) is 25.2 Å². The summed E-state index contributed by atoms with van der Waals surface area (Å²) >= 11 is 0. The molecule has 1 fully saturated rings. The van der Waals surface area contributed by atoms with Gasteiger partial charge in [-0.3, -0.25) is 0 Å². The maximum absolute atomic E-state index is 10.9. The van der Waals surface area contributed by atoms with E-state index < -0.39 is 5.60 Å². The molecule has 1 aliphatic heterocycles. The number of benzene rings is 1. The van der Waals surface area contributed by atoms with Crippen LogP contribution in [0.25, 0.3) is 0 Å². The smallest absolute Gasteiger partial charge is 0.125 e. The molecular weight excluding hydrogens is 230 g/mol. The van der Waals surface area contributed by atoms with Gasteiger partial charge in [0.2, 0.25) is 0 Å². The molecular formula is C14H21NO3. The molecule has 0 radical (unpaired) electrons. The Kier molecular flexibility index (Phi) is 3.78. The standard InChI is InChI=1S/C14H21NO3/c1-15-8-4-7-14(16,10-15)12-9-11(17-2)5-6-13(12)18-3/h5-6,9,16H,4,7-8,10H2,1-3H3. The Balaban J connectivity index is 2.40. The first-order valence-corrected chi connectivity index (χ1v) is 6.22. The molecule has 1 aromatic rings. The van der Waals surface area contributed by atoms with Gasteiger partial charge in [-0.25, -0.2) is 0 Å². The summed E-state index contributed by atoms with van der Waals surface area (Å²) in [7, 11) is 5.28. The van der Waals surface area contributed by atoms with Crippen LogP contribution in [0.5, 0.6) is 11.5 Å². The SMILES string of the molecule is COc1ccc(OC)c(C2(O)CCCN(C)C2)c1. The molecule has 4 heteroatoms. The van der Waals surface area contributed by atoms with Gasteiger partial charge >= 0.3 is 0 Å². The summed E-state index contributed by atoms with van der Waals surface area (Å²) in [4.78, 5) is 2.14. The zero-order valence-electron chi connectivity index (χ0n) is 11.3. The van der Waals surface area contributed by atoms with Gasteiger partial charge in [0.25, 0.3) is 0 Å². The average Bonchev–Trinajstić information content (AvgIpc) is 2.37. The molecule has 0 aliphatic carbocycles. The van der Waals surface area contributed by atoms with Crippen LogP contribution in [0.3, 0.4) is 0 Å². The molecule has 100 valence electrons. The Labute approximate surface area is 108 Å². The summed E-state index contributed by atoms with van der Waals surface area (Å²) in [5, 5.41) is 10.9. The molecule has 1 aromatic carbocycles. The van der Waals surface area contributed by atoms with Crippen LogP contribution in [-0.4, -0.2) is 44.4 Å². The van der Waals surface area contributed by atoms with Crippen molar-refractivity contribution < 1.29 is 14.6 Å². The number of rotatable bonds is 3. The number of hydrogen-bond donors (Lipinski definition) is 1. The number of likely N-dealkylation sites (tertiary alicyclic amines) is 1. The molecule has 1 heterocycles. The Morgan fingerprint density at radius 1 is 1.28 bits per heavy atom. The molecule has 0 aromatic heterocycles. The van der Waals surface area contributed by atoms with Crippen molar-refractivity contribution in [1.82, 2.24) is 4.90 Å². The highest BCUT2D eigenvalue weighted by Gasteiger charge is 2.36. The second kappa shape index (κ2) is 5.16. The van der Waals surface area contributed by atoms with Crippen molar-refractivity contribution in [3.63, 3.8) is 0 Å². The zero-order valence-corrected chi connectivity index (χ0v) is 11.3. The van der Waals surface area contributed by atoms with Crippen molar-refractivity contribution in [2.24, 2.45) is 0 Å². The van der Waals surface area contributed by atoms with Crippen LogP contribution in [0.4, 0.5) is 0 Å². The maximum atomic E-state index is 10.9. The molecule has 4 nitrogen and oxygen atoms in total. The fraction of sp³-hybridized carbons (Fsp3) is 0.571. The lowest BCUT2D eigenvalue weighted by Gasteiger charge is -2.38. The molecule has 1 aliphatic rings. The van der Waals surface area contributed by atoms with Gasteiger partial charge in [-0.1, -0.05) is 0 Å². The van der Waals surface area contributed by atoms with Crippen molar-refractivity contribution in [3.8, 4) is 11.5 Å². The number of ether oxygens (including phenoxy) is 2. The van der Waals surface area contributed by atoms with E-state index >= 15 is 0 Å².